The first-order valence-corrected chi connectivity index (χ1v) is 6.47. The van der Waals surface area contributed by atoms with Crippen molar-refractivity contribution in [2.75, 3.05) is 6.61 Å². The molecule has 2 aromatic carbocycles. The van der Waals surface area contributed by atoms with Crippen molar-refractivity contribution < 1.29 is 18.6 Å². The van der Waals surface area contributed by atoms with Gasteiger partial charge in [0.25, 0.3) is 0 Å². The fraction of sp³-hybridized carbons (Fsp3) is 0.250. The molecule has 1 N–H and O–H groups in total. The topological polar surface area (TPSA) is 29.5 Å². The van der Waals surface area contributed by atoms with Crippen molar-refractivity contribution in [2.24, 2.45) is 0 Å². The van der Waals surface area contributed by atoms with Gasteiger partial charge >= 0.3 is 0 Å². The highest BCUT2D eigenvalue weighted by Gasteiger charge is 2.15. The highest BCUT2D eigenvalue weighted by molar-refractivity contribution is 5.34. The van der Waals surface area contributed by atoms with E-state index in [1.165, 1.54) is 6.07 Å². The normalized spacial score (nSPS) is 12.2. The molecule has 20 heavy (non-hydrogen) atoms. The highest BCUT2D eigenvalue weighted by atomic mass is 19.1. The van der Waals surface area contributed by atoms with Gasteiger partial charge in [-0.3, -0.25) is 0 Å². The van der Waals surface area contributed by atoms with Crippen molar-refractivity contribution >= 4 is 0 Å². The third kappa shape index (κ3) is 3.33. The molecule has 0 saturated carbocycles. The van der Waals surface area contributed by atoms with Crippen LogP contribution in [0.1, 0.15) is 30.6 Å². The van der Waals surface area contributed by atoms with Gasteiger partial charge in [0.05, 0.1) is 6.61 Å². The van der Waals surface area contributed by atoms with Crippen molar-refractivity contribution in [1.29, 1.82) is 0 Å². The van der Waals surface area contributed by atoms with E-state index in [1.54, 1.807) is 24.3 Å². The quantitative estimate of drug-likeness (QED) is 0.900. The van der Waals surface area contributed by atoms with Crippen molar-refractivity contribution in [3.63, 3.8) is 0 Å². The summed E-state index contributed by atoms with van der Waals surface area (Å²) in [5.74, 6) is -0.729. The largest absolute Gasteiger partial charge is 0.494 e. The molecule has 4 heteroatoms. The van der Waals surface area contributed by atoms with Crippen LogP contribution in [-0.2, 0) is 0 Å². The van der Waals surface area contributed by atoms with Crippen LogP contribution in [0.25, 0.3) is 0 Å². The molecule has 2 aromatic rings. The average molecular weight is 278 g/mol. The second-order valence-electron chi connectivity index (χ2n) is 4.49. The summed E-state index contributed by atoms with van der Waals surface area (Å²) in [5.41, 5.74) is 0.577. The summed E-state index contributed by atoms with van der Waals surface area (Å²) in [6.07, 6.45) is -0.221. The lowest BCUT2D eigenvalue weighted by Gasteiger charge is -2.13. The molecule has 0 aliphatic carbocycles. The summed E-state index contributed by atoms with van der Waals surface area (Å²) >= 11 is 0. The lowest BCUT2D eigenvalue weighted by Crippen LogP contribution is -2.03. The Morgan fingerprint density at radius 1 is 1.10 bits per heavy atom. The Hall–Kier alpha value is -1.94. The lowest BCUT2D eigenvalue weighted by molar-refractivity contribution is 0.214. The first-order valence-electron chi connectivity index (χ1n) is 6.47. The molecule has 0 saturated heterocycles. The van der Waals surface area contributed by atoms with Gasteiger partial charge in [-0.05, 0) is 30.2 Å². The number of aliphatic hydroxyl groups is 1. The van der Waals surface area contributed by atoms with Crippen molar-refractivity contribution in [3.8, 4) is 5.75 Å². The standard InChI is InChI=1S/C16H16F2O2/c1-2-9-20-13-6-3-11(4-7-13)16(19)14-8-5-12(17)10-15(14)18/h3-8,10,16,19H,2,9H2,1H3. The summed E-state index contributed by atoms with van der Waals surface area (Å²) in [6.45, 7) is 2.63. The minimum Gasteiger partial charge on any atom is -0.494 e. The summed E-state index contributed by atoms with van der Waals surface area (Å²) < 4.78 is 31.9. The van der Waals surface area contributed by atoms with Crippen molar-refractivity contribution in [2.45, 2.75) is 19.4 Å². The zero-order chi connectivity index (χ0) is 14.5. The third-order valence-corrected chi connectivity index (χ3v) is 2.93. The first-order chi connectivity index (χ1) is 9.61. The van der Waals surface area contributed by atoms with E-state index in [2.05, 4.69) is 0 Å². The second kappa shape index (κ2) is 6.48. The number of hydrogen-bond donors (Lipinski definition) is 1. The molecule has 0 bridgehead atoms. The molecule has 2 rings (SSSR count). The lowest BCUT2D eigenvalue weighted by atomic mass is 10.0. The van der Waals surface area contributed by atoms with E-state index in [0.29, 0.717) is 17.9 Å². The molecule has 0 spiro atoms. The maximum absolute atomic E-state index is 13.6. The molecule has 0 fully saturated rings. The molecule has 0 heterocycles. The predicted molar refractivity (Wildman–Crippen MR) is 72.6 cm³/mol. The molecule has 1 atom stereocenters. The van der Waals surface area contributed by atoms with E-state index in [9.17, 15) is 13.9 Å². The van der Waals surface area contributed by atoms with Crippen LogP contribution >= 0.6 is 0 Å². The van der Waals surface area contributed by atoms with Crippen LogP contribution in [0.3, 0.4) is 0 Å². The van der Waals surface area contributed by atoms with Crippen molar-refractivity contribution in [3.05, 3.63) is 65.2 Å². The Kier molecular flexibility index (Phi) is 4.69. The van der Waals surface area contributed by atoms with E-state index in [0.717, 1.165) is 18.6 Å². The minimum atomic E-state index is -1.13. The van der Waals surface area contributed by atoms with E-state index in [-0.39, 0.29) is 5.56 Å². The third-order valence-electron chi connectivity index (χ3n) is 2.93. The predicted octanol–water partition coefficient (Wildman–Crippen LogP) is 3.84. The molecule has 1 unspecified atom stereocenters. The van der Waals surface area contributed by atoms with Crippen LogP contribution in [0.2, 0.25) is 0 Å². The molecule has 0 radical (unpaired) electrons. The van der Waals surface area contributed by atoms with Crippen molar-refractivity contribution in [1.82, 2.24) is 0 Å². The molecular formula is C16H16F2O2. The number of aliphatic hydroxyl groups excluding tert-OH is 1. The van der Waals surface area contributed by atoms with E-state index >= 15 is 0 Å². The molecule has 2 nitrogen and oxygen atoms in total. The number of rotatable bonds is 5. The van der Waals surface area contributed by atoms with Crippen LogP contribution in [0.15, 0.2) is 42.5 Å². The Bertz CT molecular complexity index is 567. The number of hydrogen-bond acceptors (Lipinski definition) is 2. The second-order valence-corrected chi connectivity index (χ2v) is 4.49. The molecule has 0 amide bonds. The fourth-order valence-corrected chi connectivity index (χ4v) is 1.87. The van der Waals surface area contributed by atoms with Crippen LogP contribution in [0.4, 0.5) is 8.78 Å². The highest BCUT2D eigenvalue weighted by Crippen LogP contribution is 2.26. The molecule has 0 aliphatic heterocycles. The van der Waals surface area contributed by atoms with Gasteiger partial charge in [-0.15, -0.1) is 0 Å². The van der Waals surface area contributed by atoms with Crippen LogP contribution in [-0.4, -0.2) is 11.7 Å². The Labute approximate surface area is 116 Å². The Morgan fingerprint density at radius 2 is 1.80 bits per heavy atom. The van der Waals surface area contributed by atoms with Gasteiger partial charge in [-0.1, -0.05) is 25.1 Å². The zero-order valence-corrected chi connectivity index (χ0v) is 11.1. The van der Waals surface area contributed by atoms with Gasteiger partial charge < -0.3 is 9.84 Å². The molecule has 0 aliphatic rings. The first kappa shape index (κ1) is 14.5. The minimum absolute atomic E-state index is 0.0497. The summed E-state index contributed by atoms with van der Waals surface area (Å²) in [4.78, 5) is 0. The zero-order valence-electron chi connectivity index (χ0n) is 11.1. The Morgan fingerprint density at radius 3 is 2.40 bits per heavy atom. The van der Waals surface area contributed by atoms with Gasteiger partial charge in [0, 0.05) is 11.6 Å². The summed E-state index contributed by atoms with van der Waals surface area (Å²) in [5, 5.41) is 10.1. The summed E-state index contributed by atoms with van der Waals surface area (Å²) in [7, 11) is 0. The maximum atomic E-state index is 13.6. The smallest absolute Gasteiger partial charge is 0.132 e. The average Bonchev–Trinajstić information content (AvgIpc) is 2.45. The van der Waals surface area contributed by atoms with Crippen LogP contribution in [0.5, 0.6) is 5.75 Å². The fourth-order valence-electron chi connectivity index (χ4n) is 1.87. The molecule has 106 valence electrons. The summed E-state index contributed by atoms with van der Waals surface area (Å²) in [6, 6.07) is 9.90. The van der Waals surface area contributed by atoms with Gasteiger partial charge in [0.2, 0.25) is 0 Å². The van der Waals surface area contributed by atoms with E-state index < -0.39 is 17.7 Å². The maximum Gasteiger partial charge on any atom is 0.132 e. The number of halogens is 2. The van der Waals surface area contributed by atoms with Crippen LogP contribution in [0, 0.1) is 11.6 Å². The number of ether oxygens (including phenoxy) is 1. The van der Waals surface area contributed by atoms with Gasteiger partial charge in [-0.2, -0.15) is 0 Å². The van der Waals surface area contributed by atoms with Gasteiger partial charge in [0.15, 0.2) is 0 Å². The molecule has 0 aromatic heterocycles. The van der Waals surface area contributed by atoms with E-state index in [4.69, 9.17) is 4.74 Å². The van der Waals surface area contributed by atoms with Gasteiger partial charge in [-0.25, -0.2) is 8.78 Å². The number of benzene rings is 2. The Balaban J connectivity index is 2.18. The van der Waals surface area contributed by atoms with Crippen LogP contribution < -0.4 is 4.74 Å². The van der Waals surface area contributed by atoms with E-state index in [1.807, 2.05) is 6.92 Å². The monoisotopic (exact) mass is 278 g/mol. The van der Waals surface area contributed by atoms with Gasteiger partial charge in [0.1, 0.15) is 23.5 Å². The molecular weight excluding hydrogens is 262 g/mol. The SMILES string of the molecule is CCCOc1ccc(C(O)c2ccc(F)cc2F)cc1.